The summed E-state index contributed by atoms with van der Waals surface area (Å²) in [6.07, 6.45) is 0. The SMILES string of the molecule is C=C(O)c1nc(Br)n(C)c1CSCC. The van der Waals surface area contributed by atoms with Crippen LogP contribution in [-0.4, -0.2) is 20.4 Å². The van der Waals surface area contributed by atoms with Crippen molar-refractivity contribution < 1.29 is 5.11 Å². The van der Waals surface area contributed by atoms with Gasteiger partial charge in [0.2, 0.25) is 0 Å². The maximum Gasteiger partial charge on any atom is 0.177 e. The average Bonchev–Trinajstić information content (AvgIpc) is 2.41. The number of nitrogens with zero attached hydrogens (tertiary/aromatic N) is 2. The normalized spacial score (nSPS) is 10.5. The number of thioether (sulfide) groups is 1. The molecule has 1 aromatic heterocycles. The van der Waals surface area contributed by atoms with Crippen LogP contribution in [0.15, 0.2) is 11.3 Å². The summed E-state index contributed by atoms with van der Waals surface area (Å²) in [4.78, 5) is 4.18. The lowest BCUT2D eigenvalue weighted by molar-refractivity contribution is 0.510. The largest absolute Gasteiger partial charge is 0.506 e. The van der Waals surface area contributed by atoms with Crippen molar-refractivity contribution in [3.8, 4) is 0 Å². The van der Waals surface area contributed by atoms with Gasteiger partial charge < -0.3 is 9.67 Å². The third-order valence-corrected chi connectivity index (χ3v) is 3.47. The summed E-state index contributed by atoms with van der Waals surface area (Å²) < 4.78 is 2.63. The topological polar surface area (TPSA) is 38.1 Å². The van der Waals surface area contributed by atoms with Gasteiger partial charge in [0.15, 0.2) is 4.73 Å². The molecule has 5 heteroatoms. The van der Waals surface area contributed by atoms with Crippen LogP contribution < -0.4 is 0 Å². The number of aromatic nitrogens is 2. The highest BCUT2D eigenvalue weighted by Gasteiger charge is 2.14. The molecule has 0 unspecified atom stereocenters. The zero-order valence-corrected chi connectivity index (χ0v) is 10.7. The van der Waals surface area contributed by atoms with E-state index >= 15 is 0 Å². The van der Waals surface area contributed by atoms with Crippen LogP contribution in [0.3, 0.4) is 0 Å². The number of halogens is 1. The van der Waals surface area contributed by atoms with E-state index in [1.165, 1.54) is 0 Å². The van der Waals surface area contributed by atoms with Crippen molar-refractivity contribution in [2.75, 3.05) is 5.75 Å². The number of aliphatic hydroxyl groups excluding tert-OH is 1. The molecule has 0 aliphatic carbocycles. The van der Waals surface area contributed by atoms with Crippen LogP contribution >= 0.6 is 27.7 Å². The van der Waals surface area contributed by atoms with Crippen LogP contribution in [0.1, 0.15) is 18.3 Å². The Labute approximate surface area is 96.4 Å². The molecule has 0 atom stereocenters. The van der Waals surface area contributed by atoms with E-state index in [9.17, 15) is 5.11 Å². The standard InChI is InChI=1S/C9H13BrN2OS/c1-4-14-5-7-8(6(2)13)11-9(10)12(7)3/h13H,2,4-5H2,1,3H3. The summed E-state index contributed by atoms with van der Waals surface area (Å²) >= 11 is 5.10. The van der Waals surface area contributed by atoms with Gasteiger partial charge in [-0.15, -0.1) is 0 Å². The fourth-order valence-corrected chi connectivity index (χ4v) is 2.22. The quantitative estimate of drug-likeness (QED) is 0.860. The first-order valence-electron chi connectivity index (χ1n) is 4.25. The highest BCUT2D eigenvalue weighted by Crippen LogP contribution is 2.23. The van der Waals surface area contributed by atoms with E-state index in [0.717, 1.165) is 21.9 Å². The summed E-state index contributed by atoms with van der Waals surface area (Å²) in [6.45, 7) is 5.60. The van der Waals surface area contributed by atoms with Gasteiger partial charge in [-0.1, -0.05) is 13.5 Å². The van der Waals surface area contributed by atoms with Crippen molar-refractivity contribution in [3.63, 3.8) is 0 Å². The third kappa shape index (κ3) is 2.33. The first-order valence-corrected chi connectivity index (χ1v) is 6.19. The van der Waals surface area contributed by atoms with E-state index in [1.807, 2.05) is 11.6 Å². The van der Waals surface area contributed by atoms with Gasteiger partial charge in [0.25, 0.3) is 0 Å². The highest BCUT2D eigenvalue weighted by atomic mass is 79.9. The van der Waals surface area contributed by atoms with Gasteiger partial charge in [0.05, 0.1) is 5.69 Å². The Kier molecular flexibility index (Phi) is 4.07. The monoisotopic (exact) mass is 276 g/mol. The Balaban J connectivity index is 3.03. The molecule has 0 aliphatic rings. The zero-order chi connectivity index (χ0) is 10.7. The van der Waals surface area contributed by atoms with Crippen molar-refractivity contribution in [2.45, 2.75) is 12.7 Å². The molecule has 0 saturated heterocycles. The molecule has 0 aromatic carbocycles. The molecule has 0 radical (unpaired) electrons. The van der Waals surface area contributed by atoms with Gasteiger partial charge in [0.1, 0.15) is 11.5 Å². The number of rotatable bonds is 4. The minimum Gasteiger partial charge on any atom is -0.506 e. The van der Waals surface area contributed by atoms with Crippen LogP contribution in [0.5, 0.6) is 0 Å². The summed E-state index contributed by atoms with van der Waals surface area (Å²) in [6, 6.07) is 0. The highest BCUT2D eigenvalue weighted by molar-refractivity contribution is 9.10. The maximum atomic E-state index is 9.34. The molecule has 1 rings (SSSR count). The van der Waals surface area contributed by atoms with E-state index in [4.69, 9.17) is 0 Å². The second-order valence-electron chi connectivity index (χ2n) is 2.82. The smallest absolute Gasteiger partial charge is 0.177 e. The minimum absolute atomic E-state index is 0.0259. The van der Waals surface area contributed by atoms with Crippen LogP contribution in [0.2, 0.25) is 0 Å². The van der Waals surface area contributed by atoms with Gasteiger partial charge >= 0.3 is 0 Å². The number of hydrogen-bond donors (Lipinski definition) is 1. The van der Waals surface area contributed by atoms with E-state index in [1.54, 1.807) is 11.8 Å². The molecule has 0 amide bonds. The summed E-state index contributed by atoms with van der Waals surface area (Å²) in [5.41, 5.74) is 1.58. The Bertz CT molecular complexity index is 349. The first kappa shape index (κ1) is 11.7. The molecular weight excluding hydrogens is 264 g/mol. The lowest BCUT2D eigenvalue weighted by Gasteiger charge is -2.03. The van der Waals surface area contributed by atoms with Crippen molar-refractivity contribution in [3.05, 3.63) is 22.7 Å². The molecule has 0 aliphatic heterocycles. The summed E-state index contributed by atoms with van der Waals surface area (Å²) in [5.74, 6) is 1.90. The molecule has 1 N–H and O–H groups in total. The van der Waals surface area contributed by atoms with E-state index < -0.39 is 0 Å². The van der Waals surface area contributed by atoms with Crippen LogP contribution in [0, 0.1) is 0 Å². The Morgan fingerprint density at radius 3 is 2.86 bits per heavy atom. The van der Waals surface area contributed by atoms with Gasteiger partial charge in [-0.05, 0) is 21.7 Å². The fraction of sp³-hybridized carbons (Fsp3) is 0.444. The average molecular weight is 277 g/mol. The van der Waals surface area contributed by atoms with E-state index in [-0.39, 0.29) is 5.76 Å². The maximum absolute atomic E-state index is 9.34. The molecule has 0 saturated carbocycles. The molecule has 14 heavy (non-hydrogen) atoms. The second kappa shape index (κ2) is 4.89. The number of imidazole rings is 1. The fourth-order valence-electron chi connectivity index (χ4n) is 1.10. The predicted molar refractivity (Wildman–Crippen MR) is 64.4 cm³/mol. The van der Waals surface area contributed by atoms with E-state index in [0.29, 0.717) is 5.69 Å². The molecule has 1 aromatic rings. The molecule has 78 valence electrons. The molecule has 3 nitrogen and oxygen atoms in total. The van der Waals surface area contributed by atoms with Gasteiger partial charge in [-0.3, -0.25) is 0 Å². The molecule has 0 spiro atoms. The van der Waals surface area contributed by atoms with Crippen LogP contribution in [0.25, 0.3) is 5.76 Å². The van der Waals surface area contributed by atoms with Crippen LogP contribution in [0.4, 0.5) is 0 Å². The predicted octanol–water partition coefficient (Wildman–Crippen LogP) is 2.96. The van der Waals surface area contributed by atoms with Gasteiger partial charge in [-0.2, -0.15) is 11.8 Å². The third-order valence-electron chi connectivity index (χ3n) is 1.88. The van der Waals surface area contributed by atoms with Crippen molar-refractivity contribution >= 4 is 33.5 Å². The number of hydrogen-bond acceptors (Lipinski definition) is 3. The molecule has 0 fully saturated rings. The van der Waals surface area contributed by atoms with Crippen molar-refractivity contribution in [1.29, 1.82) is 0 Å². The summed E-state index contributed by atoms with van der Waals surface area (Å²) in [5, 5.41) is 9.34. The van der Waals surface area contributed by atoms with Crippen molar-refractivity contribution in [1.82, 2.24) is 9.55 Å². The lowest BCUT2D eigenvalue weighted by atomic mass is 10.3. The van der Waals surface area contributed by atoms with E-state index in [2.05, 4.69) is 34.4 Å². The number of aliphatic hydroxyl groups is 1. The lowest BCUT2D eigenvalue weighted by Crippen LogP contribution is -1.97. The second-order valence-corrected chi connectivity index (χ2v) is 4.80. The molecule has 0 bridgehead atoms. The Hall–Kier alpha value is -0.420. The molecule has 1 heterocycles. The Morgan fingerprint density at radius 1 is 1.71 bits per heavy atom. The van der Waals surface area contributed by atoms with Crippen molar-refractivity contribution in [2.24, 2.45) is 7.05 Å². The van der Waals surface area contributed by atoms with Gasteiger partial charge in [-0.25, -0.2) is 4.98 Å². The zero-order valence-electron chi connectivity index (χ0n) is 8.25. The summed E-state index contributed by atoms with van der Waals surface area (Å²) in [7, 11) is 1.91. The molecular formula is C9H13BrN2OS. The van der Waals surface area contributed by atoms with Gasteiger partial charge in [0, 0.05) is 12.8 Å². The van der Waals surface area contributed by atoms with Crippen LogP contribution in [-0.2, 0) is 12.8 Å². The Morgan fingerprint density at radius 2 is 2.36 bits per heavy atom. The minimum atomic E-state index is 0.0259. The first-order chi connectivity index (χ1) is 6.57.